The van der Waals surface area contributed by atoms with E-state index in [9.17, 15) is 0 Å². The van der Waals surface area contributed by atoms with E-state index in [1.54, 1.807) is 7.11 Å². The fourth-order valence-electron chi connectivity index (χ4n) is 5.61. The molecule has 1 aliphatic heterocycles. The summed E-state index contributed by atoms with van der Waals surface area (Å²) in [5.41, 5.74) is 7.13. The Morgan fingerprint density at radius 3 is 2.19 bits per heavy atom. The second-order valence-corrected chi connectivity index (χ2v) is 17.8. The lowest BCUT2D eigenvalue weighted by molar-refractivity contribution is -0.0936. The molecule has 0 amide bonds. The molecule has 1 fully saturated rings. The molecule has 0 saturated carbocycles. The smallest absolute Gasteiger partial charge is 0.468 e. The predicted octanol–water partition coefficient (Wildman–Crippen LogP) is 6.94. The van der Waals surface area contributed by atoms with E-state index in [1.807, 2.05) is 6.07 Å². The average Bonchev–Trinajstić information content (AvgIpc) is 2.78. The van der Waals surface area contributed by atoms with Crippen LogP contribution in [0.2, 0.25) is 16.6 Å². The zero-order chi connectivity index (χ0) is 26.9. The zero-order valence-electron chi connectivity index (χ0n) is 24.2. The topological polar surface area (TPSA) is 36.9 Å². The van der Waals surface area contributed by atoms with Crippen LogP contribution >= 0.6 is 0 Å². The van der Waals surface area contributed by atoms with Crippen molar-refractivity contribution in [2.45, 2.75) is 91.5 Å². The Hall–Kier alpha value is -1.78. The number of rotatable bonds is 7. The van der Waals surface area contributed by atoms with E-state index in [2.05, 4.69) is 105 Å². The summed E-state index contributed by atoms with van der Waals surface area (Å²) in [6.45, 7) is 23.5. The van der Waals surface area contributed by atoms with Crippen molar-refractivity contribution < 1.29 is 18.8 Å². The predicted molar refractivity (Wildman–Crippen MR) is 155 cm³/mol. The number of hydrogen-bond donors (Lipinski definition) is 0. The molecule has 2 aromatic carbocycles. The molecule has 196 valence electrons. The van der Waals surface area contributed by atoms with Crippen molar-refractivity contribution in [3.05, 3.63) is 35.9 Å². The third-order valence-electron chi connectivity index (χ3n) is 8.49. The number of benzene rings is 2. The molecule has 0 aromatic heterocycles. The summed E-state index contributed by atoms with van der Waals surface area (Å²) in [6.07, 6.45) is 0. The molecule has 1 heterocycles. The number of methoxy groups -OCH3 is 1. The molecule has 6 heteroatoms. The molecule has 4 nitrogen and oxygen atoms in total. The molecular weight excluding hydrogens is 463 g/mol. The van der Waals surface area contributed by atoms with Gasteiger partial charge in [-0.1, -0.05) is 73.4 Å². The van der Waals surface area contributed by atoms with Crippen LogP contribution in [0.25, 0.3) is 10.8 Å². The highest BCUT2D eigenvalue weighted by Gasteiger charge is 2.47. The first kappa shape index (κ1) is 28.8. The summed E-state index contributed by atoms with van der Waals surface area (Å²) in [6, 6.07) is 10.4. The number of fused-ring (bicyclic) bond motifs is 1. The lowest BCUT2D eigenvalue weighted by atomic mass is 9.67. The summed E-state index contributed by atoms with van der Waals surface area (Å²) in [4.78, 5) is 0. The lowest BCUT2D eigenvalue weighted by Crippen LogP contribution is -2.58. The van der Waals surface area contributed by atoms with Crippen LogP contribution in [-0.2, 0) is 14.0 Å². The van der Waals surface area contributed by atoms with Gasteiger partial charge in [-0.05, 0) is 64.9 Å². The van der Waals surface area contributed by atoms with Gasteiger partial charge in [-0.15, -0.1) is 5.54 Å². The van der Waals surface area contributed by atoms with Crippen molar-refractivity contribution in [3.63, 3.8) is 0 Å². The molecule has 0 radical (unpaired) electrons. The monoisotopic (exact) mass is 508 g/mol. The minimum absolute atomic E-state index is 0.108. The van der Waals surface area contributed by atoms with Gasteiger partial charge in [0, 0.05) is 24.7 Å². The fourth-order valence-corrected chi connectivity index (χ4v) is 10.8. The SMILES string of the molecule is COCOc1cc(B2OCC(C)(C)C(C)(C)O2)c2c(C#C[Si](C(C)C)(C(C)C)C(C)C)cccc2c1. The van der Waals surface area contributed by atoms with Gasteiger partial charge in [0.05, 0.1) is 5.60 Å². The average molecular weight is 509 g/mol. The van der Waals surface area contributed by atoms with E-state index in [0.29, 0.717) is 23.2 Å². The fraction of sp³-hybridized carbons (Fsp3) is 0.600. The summed E-state index contributed by atoms with van der Waals surface area (Å²) < 4.78 is 24.0. The molecule has 0 bridgehead atoms. The maximum absolute atomic E-state index is 6.61. The summed E-state index contributed by atoms with van der Waals surface area (Å²) >= 11 is 0. The Balaban J connectivity index is 2.23. The highest BCUT2D eigenvalue weighted by molar-refractivity contribution is 6.90. The molecule has 0 N–H and O–H groups in total. The van der Waals surface area contributed by atoms with Crippen LogP contribution in [-0.4, -0.2) is 41.3 Å². The van der Waals surface area contributed by atoms with Crippen molar-refractivity contribution in [1.29, 1.82) is 0 Å². The molecule has 0 atom stereocenters. The highest BCUT2D eigenvalue weighted by Crippen LogP contribution is 2.41. The van der Waals surface area contributed by atoms with E-state index >= 15 is 0 Å². The van der Waals surface area contributed by atoms with Gasteiger partial charge < -0.3 is 18.8 Å². The van der Waals surface area contributed by atoms with Crippen LogP contribution in [0.3, 0.4) is 0 Å². The van der Waals surface area contributed by atoms with Crippen molar-refractivity contribution >= 4 is 31.4 Å². The Kier molecular flexibility index (Phi) is 8.73. The van der Waals surface area contributed by atoms with Crippen molar-refractivity contribution in [2.75, 3.05) is 20.5 Å². The van der Waals surface area contributed by atoms with Gasteiger partial charge in [0.2, 0.25) is 0 Å². The quantitative estimate of drug-likeness (QED) is 0.231. The molecule has 0 aliphatic carbocycles. The minimum atomic E-state index is -1.89. The molecule has 2 aromatic rings. The van der Waals surface area contributed by atoms with Crippen molar-refractivity contribution in [1.82, 2.24) is 0 Å². The van der Waals surface area contributed by atoms with Gasteiger partial charge in [0.1, 0.15) is 13.8 Å². The molecule has 0 spiro atoms. The molecule has 1 aliphatic rings. The van der Waals surface area contributed by atoms with E-state index < -0.39 is 15.2 Å². The normalized spacial score (nSPS) is 17.6. The number of ether oxygens (including phenoxy) is 2. The van der Waals surface area contributed by atoms with Gasteiger partial charge in [-0.25, -0.2) is 0 Å². The standard InChI is InChI=1S/C30H45BO4Si/c1-21(2)36(22(3)4,23(5)6)16-15-24-13-12-14-25-17-26(33-20-32-11)18-27(28(24)25)31-34-19-29(7,8)30(9,10)35-31/h12-14,17-18,21-23H,19-20H2,1-11H3. The molecule has 1 saturated heterocycles. The third kappa shape index (κ3) is 5.41. The van der Waals surface area contributed by atoms with Crippen molar-refractivity contribution in [3.8, 4) is 17.2 Å². The van der Waals surface area contributed by atoms with E-state index in [0.717, 1.165) is 27.5 Å². The van der Waals surface area contributed by atoms with Crippen LogP contribution in [0.1, 0.15) is 74.8 Å². The highest BCUT2D eigenvalue weighted by atomic mass is 28.3. The second-order valence-electron chi connectivity index (χ2n) is 12.3. The molecule has 36 heavy (non-hydrogen) atoms. The number of hydrogen-bond acceptors (Lipinski definition) is 4. The van der Waals surface area contributed by atoms with Gasteiger partial charge in [-0.3, -0.25) is 0 Å². The third-order valence-corrected chi connectivity index (χ3v) is 14.8. The largest absolute Gasteiger partial charge is 0.495 e. The van der Waals surface area contributed by atoms with Gasteiger partial charge in [0.15, 0.2) is 6.79 Å². The van der Waals surface area contributed by atoms with Crippen molar-refractivity contribution in [2.24, 2.45) is 5.41 Å². The van der Waals surface area contributed by atoms with Crippen LogP contribution < -0.4 is 10.2 Å². The summed E-state index contributed by atoms with van der Waals surface area (Å²) in [5, 5.41) is 2.14. The van der Waals surface area contributed by atoms with Crippen LogP contribution in [0.4, 0.5) is 0 Å². The summed E-state index contributed by atoms with van der Waals surface area (Å²) in [7, 11) is -0.771. The van der Waals surface area contributed by atoms with Gasteiger partial charge >= 0.3 is 7.12 Å². The van der Waals surface area contributed by atoms with Crippen LogP contribution in [0, 0.1) is 16.9 Å². The Morgan fingerprint density at radius 2 is 1.64 bits per heavy atom. The zero-order valence-corrected chi connectivity index (χ0v) is 25.2. The molecule has 0 unspecified atom stereocenters. The van der Waals surface area contributed by atoms with E-state index in [4.69, 9.17) is 18.8 Å². The minimum Gasteiger partial charge on any atom is -0.468 e. The van der Waals surface area contributed by atoms with Crippen LogP contribution in [0.5, 0.6) is 5.75 Å². The first-order valence-electron chi connectivity index (χ1n) is 13.3. The first-order valence-corrected chi connectivity index (χ1v) is 15.5. The van der Waals surface area contributed by atoms with Crippen LogP contribution in [0.15, 0.2) is 30.3 Å². The first-order chi connectivity index (χ1) is 16.8. The maximum atomic E-state index is 6.61. The Morgan fingerprint density at radius 1 is 1.00 bits per heavy atom. The maximum Gasteiger partial charge on any atom is 0.495 e. The Bertz CT molecular complexity index is 1110. The Labute approximate surface area is 220 Å². The van der Waals surface area contributed by atoms with Gasteiger partial charge in [-0.2, -0.15) is 0 Å². The lowest BCUT2D eigenvalue weighted by Gasteiger charge is -2.47. The summed E-state index contributed by atoms with van der Waals surface area (Å²) in [5.74, 6) is 4.42. The second kappa shape index (κ2) is 10.9. The van der Waals surface area contributed by atoms with E-state index in [1.165, 1.54) is 0 Å². The molecule has 3 rings (SSSR count). The van der Waals surface area contributed by atoms with E-state index in [-0.39, 0.29) is 17.8 Å². The van der Waals surface area contributed by atoms with Gasteiger partial charge in [0.25, 0.3) is 0 Å². The molecular formula is C30H45BO4Si.